The first kappa shape index (κ1) is 20.9. The second-order valence-electron chi connectivity index (χ2n) is 6.32. The molecule has 0 amide bonds. The van der Waals surface area contributed by atoms with Gasteiger partial charge in [-0.1, -0.05) is 74.7 Å². The molecule has 0 radical (unpaired) electrons. The standard InChI is InChI=1S/C22H27ClO2S/c1-2-3-4-7-14-19(18-12-8-5-9-13-18)17-21(24)22(23)26(25)20-15-10-6-11-16-20/h5-6,8-13,15-17,21-22,24H,2-4,7,14H2,1H3/b19-17+. The van der Waals surface area contributed by atoms with Gasteiger partial charge in [-0.05, 0) is 42.2 Å². The number of hydrogen-bond donors (Lipinski definition) is 1. The van der Waals surface area contributed by atoms with E-state index in [9.17, 15) is 9.32 Å². The lowest BCUT2D eigenvalue weighted by Crippen LogP contribution is -2.23. The summed E-state index contributed by atoms with van der Waals surface area (Å²) in [6.45, 7) is 2.19. The molecule has 2 aromatic rings. The summed E-state index contributed by atoms with van der Waals surface area (Å²) in [5, 5.41) is 10.6. The first-order chi connectivity index (χ1) is 12.6. The second-order valence-corrected chi connectivity index (χ2v) is 8.62. The van der Waals surface area contributed by atoms with Crippen LogP contribution in [-0.4, -0.2) is 20.1 Å². The van der Waals surface area contributed by atoms with Gasteiger partial charge in [0.25, 0.3) is 0 Å². The van der Waals surface area contributed by atoms with Crippen LogP contribution < -0.4 is 0 Å². The highest BCUT2D eigenvalue weighted by molar-refractivity contribution is 7.87. The molecule has 3 atom stereocenters. The molecule has 0 aliphatic rings. The molecule has 26 heavy (non-hydrogen) atoms. The maximum Gasteiger partial charge on any atom is 0.143 e. The largest absolute Gasteiger partial charge is 0.386 e. The Hall–Kier alpha value is -1.42. The first-order valence-electron chi connectivity index (χ1n) is 9.17. The van der Waals surface area contributed by atoms with Crippen LogP contribution in [0.4, 0.5) is 0 Å². The Morgan fingerprint density at radius 3 is 2.27 bits per heavy atom. The molecule has 0 saturated heterocycles. The predicted molar refractivity (Wildman–Crippen MR) is 112 cm³/mol. The van der Waals surface area contributed by atoms with Gasteiger partial charge >= 0.3 is 0 Å². The Bertz CT molecular complexity index is 701. The van der Waals surface area contributed by atoms with Gasteiger partial charge in [-0.3, -0.25) is 4.21 Å². The number of aliphatic hydroxyl groups is 1. The van der Waals surface area contributed by atoms with Gasteiger partial charge < -0.3 is 5.11 Å². The predicted octanol–water partition coefficient (Wildman–Crippen LogP) is 5.77. The summed E-state index contributed by atoms with van der Waals surface area (Å²) in [5.74, 6) is 0. The van der Waals surface area contributed by atoms with E-state index in [1.165, 1.54) is 12.8 Å². The van der Waals surface area contributed by atoms with Gasteiger partial charge in [0.05, 0.1) is 10.8 Å². The maximum atomic E-state index is 12.6. The number of benzene rings is 2. The highest BCUT2D eigenvalue weighted by Gasteiger charge is 2.23. The molecule has 2 aromatic carbocycles. The molecule has 0 spiro atoms. The highest BCUT2D eigenvalue weighted by Crippen LogP contribution is 2.25. The van der Waals surface area contributed by atoms with Crippen molar-refractivity contribution in [3.05, 3.63) is 72.3 Å². The number of halogens is 1. The summed E-state index contributed by atoms with van der Waals surface area (Å²) < 4.78 is 11.7. The molecule has 0 heterocycles. The van der Waals surface area contributed by atoms with Gasteiger partial charge in [0.1, 0.15) is 10.8 Å². The van der Waals surface area contributed by atoms with Gasteiger partial charge in [0.15, 0.2) is 0 Å². The van der Waals surface area contributed by atoms with Crippen molar-refractivity contribution in [2.75, 3.05) is 0 Å². The minimum absolute atomic E-state index is 0.629. The molecular formula is C22H27ClO2S. The Labute approximate surface area is 164 Å². The molecule has 0 bridgehead atoms. The smallest absolute Gasteiger partial charge is 0.143 e. The van der Waals surface area contributed by atoms with Crippen LogP contribution in [0.15, 0.2) is 71.6 Å². The minimum atomic E-state index is -1.47. The van der Waals surface area contributed by atoms with E-state index in [1.807, 2.05) is 48.5 Å². The fourth-order valence-electron chi connectivity index (χ4n) is 2.81. The second kappa shape index (κ2) is 11.3. The van der Waals surface area contributed by atoms with E-state index in [2.05, 4.69) is 6.92 Å². The third kappa shape index (κ3) is 6.39. The molecule has 1 N–H and O–H groups in total. The quantitative estimate of drug-likeness (QED) is 0.412. The van der Waals surface area contributed by atoms with Crippen LogP contribution in [0.1, 0.15) is 44.6 Å². The van der Waals surface area contributed by atoms with Crippen molar-refractivity contribution >= 4 is 28.0 Å². The minimum Gasteiger partial charge on any atom is -0.386 e. The zero-order valence-electron chi connectivity index (χ0n) is 15.2. The molecule has 0 aromatic heterocycles. The van der Waals surface area contributed by atoms with Crippen molar-refractivity contribution in [1.82, 2.24) is 0 Å². The summed E-state index contributed by atoms with van der Waals surface area (Å²) >= 11 is 6.34. The van der Waals surface area contributed by atoms with E-state index in [1.54, 1.807) is 18.2 Å². The van der Waals surface area contributed by atoms with Crippen molar-refractivity contribution in [2.24, 2.45) is 0 Å². The van der Waals surface area contributed by atoms with Gasteiger partial charge in [-0.15, -0.1) is 11.6 Å². The molecule has 0 aliphatic heterocycles. The normalized spacial score (nSPS) is 15.4. The van der Waals surface area contributed by atoms with E-state index < -0.39 is 21.6 Å². The lowest BCUT2D eigenvalue weighted by molar-refractivity contribution is 0.238. The SMILES string of the molecule is CCCCCC/C(=C\C(O)C(Cl)S(=O)c1ccccc1)c1ccccc1. The molecule has 2 rings (SSSR count). The average molecular weight is 391 g/mol. The van der Waals surface area contributed by atoms with Crippen LogP contribution in [0, 0.1) is 0 Å². The zero-order chi connectivity index (χ0) is 18.8. The first-order valence-corrected chi connectivity index (χ1v) is 10.8. The van der Waals surface area contributed by atoms with Gasteiger partial charge in [0.2, 0.25) is 0 Å². The van der Waals surface area contributed by atoms with Crippen molar-refractivity contribution in [3.8, 4) is 0 Å². The van der Waals surface area contributed by atoms with Gasteiger partial charge in [0, 0.05) is 4.90 Å². The Balaban J connectivity index is 2.14. The zero-order valence-corrected chi connectivity index (χ0v) is 16.8. The van der Waals surface area contributed by atoms with Crippen molar-refractivity contribution in [3.63, 3.8) is 0 Å². The molecule has 0 aliphatic carbocycles. The summed E-state index contributed by atoms with van der Waals surface area (Å²) in [4.78, 5) is 0.629. The summed E-state index contributed by atoms with van der Waals surface area (Å²) in [6, 6.07) is 19.1. The fraction of sp³-hybridized carbons (Fsp3) is 0.364. The van der Waals surface area contributed by atoms with Crippen molar-refractivity contribution in [2.45, 2.75) is 54.7 Å². The Morgan fingerprint density at radius 2 is 1.65 bits per heavy atom. The van der Waals surface area contributed by atoms with E-state index >= 15 is 0 Å². The summed E-state index contributed by atoms with van der Waals surface area (Å²) in [7, 11) is -1.47. The number of unbranched alkanes of at least 4 members (excludes halogenated alkanes) is 3. The topological polar surface area (TPSA) is 37.3 Å². The summed E-state index contributed by atoms with van der Waals surface area (Å²) in [6.07, 6.45) is 6.31. The Morgan fingerprint density at radius 1 is 1.04 bits per heavy atom. The lowest BCUT2D eigenvalue weighted by atomic mass is 9.98. The third-order valence-corrected chi connectivity index (χ3v) is 6.43. The van der Waals surface area contributed by atoms with Crippen LogP contribution in [-0.2, 0) is 10.8 Å². The van der Waals surface area contributed by atoms with Crippen molar-refractivity contribution < 1.29 is 9.32 Å². The highest BCUT2D eigenvalue weighted by atomic mass is 35.5. The molecular weight excluding hydrogens is 364 g/mol. The summed E-state index contributed by atoms with van der Waals surface area (Å²) in [5.41, 5.74) is 2.14. The third-order valence-electron chi connectivity index (χ3n) is 4.26. The van der Waals surface area contributed by atoms with Crippen LogP contribution in [0.2, 0.25) is 0 Å². The van der Waals surface area contributed by atoms with Crippen LogP contribution in [0.3, 0.4) is 0 Å². The number of hydrogen-bond acceptors (Lipinski definition) is 2. The van der Waals surface area contributed by atoms with Crippen LogP contribution in [0.5, 0.6) is 0 Å². The average Bonchev–Trinajstić information content (AvgIpc) is 2.70. The molecule has 0 fully saturated rings. The van der Waals surface area contributed by atoms with E-state index in [-0.39, 0.29) is 0 Å². The maximum absolute atomic E-state index is 12.6. The van der Waals surface area contributed by atoms with Crippen LogP contribution >= 0.6 is 11.6 Å². The molecule has 0 saturated carbocycles. The van der Waals surface area contributed by atoms with E-state index in [4.69, 9.17) is 11.6 Å². The van der Waals surface area contributed by atoms with Crippen LogP contribution in [0.25, 0.3) is 5.57 Å². The van der Waals surface area contributed by atoms with Gasteiger partial charge in [-0.2, -0.15) is 0 Å². The molecule has 3 unspecified atom stereocenters. The lowest BCUT2D eigenvalue weighted by Gasteiger charge is -2.16. The van der Waals surface area contributed by atoms with E-state index in [0.29, 0.717) is 4.90 Å². The number of alkyl halides is 1. The van der Waals surface area contributed by atoms with Crippen molar-refractivity contribution in [1.29, 1.82) is 0 Å². The Kier molecular flexibility index (Phi) is 9.10. The van der Waals surface area contributed by atoms with E-state index in [0.717, 1.165) is 30.4 Å². The molecule has 140 valence electrons. The fourth-order valence-corrected chi connectivity index (χ4v) is 4.21. The molecule has 4 heteroatoms. The monoisotopic (exact) mass is 390 g/mol. The number of aliphatic hydroxyl groups excluding tert-OH is 1. The molecule has 2 nitrogen and oxygen atoms in total. The van der Waals surface area contributed by atoms with Gasteiger partial charge in [-0.25, -0.2) is 0 Å². The number of allylic oxidation sites excluding steroid dienone is 1. The number of rotatable bonds is 10.